The van der Waals surface area contributed by atoms with Gasteiger partial charge in [0.25, 0.3) is 0 Å². The Morgan fingerprint density at radius 3 is 2.59 bits per heavy atom. The first kappa shape index (κ1) is 13.9. The first-order valence-corrected chi connectivity index (χ1v) is 6.51. The molecule has 4 nitrogen and oxygen atoms in total. The van der Waals surface area contributed by atoms with Crippen LogP contribution in [0.15, 0.2) is 29.2 Å². The first-order chi connectivity index (χ1) is 8.17. The third-order valence-electron chi connectivity index (χ3n) is 2.21. The van der Waals surface area contributed by atoms with Crippen LogP contribution in [0.3, 0.4) is 0 Å². The number of benzene rings is 1. The molecule has 0 saturated heterocycles. The van der Waals surface area contributed by atoms with E-state index in [2.05, 4.69) is 0 Å². The molecule has 0 bridgehead atoms. The van der Waals surface area contributed by atoms with E-state index in [9.17, 15) is 4.79 Å². The Morgan fingerprint density at radius 2 is 2.06 bits per heavy atom. The summed E-state index contributed by atoms with van der Waals surface area (Å²) in [5, 5.41) is 8.55. The predicted molar refractivity (Wildman–Crippen MR) is 68.1 cm³/mol. The van der Waals surface area contributed by atoms with Gasteiger partial charge < -0.3 is 14.7 Å². The van der Waals surface area contributed by atoms with Gasteiger partial charge in [0.2, 0.25) is 0 Å². The average Bonchev–Trinajstić information content (AvgIpc) is 2.36. The molecular weight excluding hydrogens is 238 g/mol. The number of nitrogens with zero attached hydrogens (tertiary/aromatic N) is 1. The van der Waals surface area contributed by atoms with Crippen molar-refractivity contribution in [3.63, 3.8) is 0 Å². The number of hydrogen-bond acceptors (Lipinski definition) is 4. The van der Waals surface area contributed by atoms with E-state index in [0.29, 0.717) is 6.54 Å². The van der Waals surface area contributed by atoms with Crippen LogP contribution in [0.4, 0.5) is 4.79 Å². The quantitative estimate of drug-likeness (QED) is 0.817. The van der Waals surface area contributed by atoms with Crippen LogP contribution in [0.2, 0.25) is 0 Å². The van der Waals surface area contributed by atoms with Crippen molar-refractivity contribution in [2.75, 3.05) is 26.5 Å². The summed E-state index contributed by atoms with van der Waals surface area (Å²) in [6.07, 6.45) is 1.60. The van der Waals surface area contributed by atoms with E-state index in [1.54, 1.807) is 18.8 Å². The molecule has 1 amide bonds. The van der Waals surface area contributed by atoms with E-state index in [-0.39, 0.29) is 13.2 Å². The molecule has 1 rings (SSSR count). The van der Waals surface area contributed by atoms with Crippen molar-refractivity contribution in [1.29, 1.82) is 0 Å². The topological polar surface area (TPSA) is 49.8 Å². The summed E-state index contributed by atoms with van der Waals surface area (Å²) < 4.78 is 4.80. The van der Waals surface area contributed by atoms with Crippen LogP contribution < -0.4 is 0 Å². The van der Waals surface area contributed by atoms with Crippen molar-refractivity contribution < 1.29 is 14.6 Å². The fourth-order valence-corrected chi connectivity index (χ4v) is 1.72. The maximum absolute atomic E-state index is 11.4. The summed E-state index contributed by atoms with van der Waals surface area (Å²) in [5.41, 5.74) is 1.05. The number of aliphatic hydroxyl groups is 1. The van der Waals surface area contributed by atoms with E-state index in [1.807, 2.05) is 30.5 Å². The average molecular weight is 255 g/mol. The Bertz CT molecular complexity index is 353. The summed E-state index contributed by atoms with van der Waals surface area (Å²) in [6.45, 7) is 0.384. The molecule has 0 aromatic heterocycles. The van der Waals surface area contributed by atoms with Gasteiger partial charge in [0.05, 0.1) is 6.61 Å². The van der Waals surface area contributed by atoms with Crippen molar-refractivity contribution in [1.82, 2.24) is 4.90 Å². The summed E-state index contributed by atoms with van der Waals surface area (Å²) in [5.74, 6) is 0. The van der Waals surface area contributed by atoms with Gasteiger partial charge in [-0.1, -0.05) is 12.1 Å². The fraction of sp³-hybridized carbons (Fsp3) is 0.417. The number of ether oxygens (including phenoxy) is 1. The van der Waals surface area contributed by atoms with Crippen molar-refractivity contribution in [3.8, 4) is 0 Å². The number of rotatable bonds is 5. The maximum atomic E-state index is 11.4. The predicted octanol–water partition coefficient (Wildman–Crippen LogP) is 1.97. The van der Waals surface area contributed by atoms with Gasteiger partial charge in [-0.2, -0.15) is 0 Å². The van der Waals surface area contributed by atoms with Gasteiger partial charge in [-0.25, -0.2) is 4.79 Å². The highest BCUT2D eigenvalue weighted by molar-refractivity contribution is 7.98. The lowest BCUT2D eigenvalue weighted by Gasteiger charge is -2.16. The van der Waals surface area contributed by atoms with Gasteiger partial charge in [0.1, 0.15) is 6.61 Å². The Hall–Kier alpha value is -1.20. The second-order valence-corrected chi connectivity index (χ2v) is 4.42. The van der Waals surface area contributed by atoms with Crippen molar-refractivity contribution in [2.45, 2.75) is 11.4 Å². The van der Waals surface area contributed by atoms with Crippen LogP contribution in [-0.4, -0.2) is 42.6 Å². The number of aliphatic hydroxyl groups excluding tert-OH is 1. The van der Waals surface area contributed by atoms with Crippen molar-refractivity contribution >= 4 is 17.9 Å². The second-order valence-electron chi connectivity index (χ2n) is 3.54. The zero-order valence-corrected chi connectivity index (χ0v) is 10.9. The molecule has 0 aliphatic rings. The Kier molecular flexibility index (Phi) is 5.86. The third kappa shape index (κ3) is 4.66. The normalized spacial score (nSPS) is 10.1. The molecule has 1 aromatic carbocycles. The van der Waals surface area contributed by atoms with E-state index in [0.717, 1.165) is 5.56 Å². The van der Waals surface area contributed by atoms with Gasteiger partial charge >= 0.3 is 6.09 Å². The fourth-order valence-electron chi connectivity index (χ4n) is 1.31. The molecule has 0 heterocycles. The summed E-state index contributed by atoms with van der Waals surface area (Å²) in [7, 11) is 1.67. The monoisotopic (exact) mass is 255 g/mol. The molecule has 0 spiro atoms. The molecule has 1 aromatic rings. The zero-order chi connectivity index (χ0) is 12.7. The van der Waals surface area contributed by atoms with E-state index in [1.165, 1.54) is 9.80 Å². The Labute approximate surface area is 106 Å². The Morgan fingerprint density at radius 1 is 1.41 bits per heavy atom. The largest absolute Gasteiger partial charge is 0.447 e. The highest BCUT2D eigenvalue weighted by Gasteiger charge is 2.09. The lowest BCUT2D eigenvalue weighted by molar-refractivity contribution is 0.0894. The molecule has 0 saturated carbocycles. The van der Waals surface area contributed by atoms with Gasteiger partial charge in [0, 0.05) is 18.5 Å². The van der Waals surface area contributed by atoms with Gasteiger partial charge in [0.15, 0.2) is 0 Å². The molecule has 0 radical (unpaired) electrons. The van der Waals surface area contributed by atoms with E-state index in [4.69, 9.17) is 9.84 Å². The molecule has 0 fully saturated rings. The van der Waals surface area contributed by atoms with Crippen molar-refractivity contribution in [2.24, 2.45) is 0 Å². The number of carbonyl (C=O) groups excluding carboxylic acids is 1. The minimum atomic E-state index is -0.423. The summed E-state index contributed by atoms with van der Waals surface area (Å²) in [4.78, 5) is 14.1. The molecule has 0 aliphatic heterocycles. The molecule has 17 heavy (non-hydrogen) atoms. The van der Waals surface area contributed by atoms with Crippen LogP contribution in [0.25, 0.3) is 0 Å². The van der Waals surface area contributed by atoms with Gasteiger partial charge in [-0.05, 0) is 24.0 Å². The molecule has 1 N–H and O–H groups in total. The minimum absolute atomic E-state index is 0.0363. The zero-order valence-electron chi connectivity index (χ0n) is 10.0. The molecule has 94 valence electrons. The van der Waals surface area contributed by atoms with E-state index >= 15 is 0 Å². The molecule has 0 aliphatic carbocycles. The molecule has 0 atom stereocenters. The van der Waals surface area contributed by atoms with E-state index < -0.39 is 6.09 Å². The lowest BCUT2D eigenvalue weighted by atomic mass is 10.2. The molecular formula is C12H17NO3S. The van der Waals surface area contributed by atoms with Crippen molar-refractivity contribution in [3.05, 3.63) is 29.8 Å². The van der Waals surface area contributed by atoms with Crippen LogP contribution in [0.5, 0.6) is 0 Å². The second kappa shape index (κ2) is 7.19. The standard InChI is InChI=1S/C12H17NO3S/c1-13(12(15)16-8-7-14)9-10-3-5-11(17-2)6-4-10/h3-6,14H,7-9H2,1-2H3. The first-order valence-electron chi connectivity index (χ1n) is 5.29. The van der Waals surface area contributed by atoms with Crippen LogP contribution in [0.1, 0.15) is 5.56 Å². The Balaban J connectivity index is 2.49. The molecule has 0 unspecified atom stereocenters. The summed E-state index contributed by atoms with van der Waals surface area (Å²) >= 11 is 1.68. The smallest absolute Gasteiger partial charge is 0.409 e. The van der Waals surface area contributed by atoms with Crippen LogP contribution in [0, 0.1) is 0 Å². The number of amides is 1. The number of hydrogen-bond donors (Lipinski definition) is 1. The molecule has 5 heteroatoms. The highest BCUT2D eigenvalue weighted by Crippen LogP contribution is 2.15. The maximum Gasteiger partial charge on any atom is 0.409 e. The van der Waals surface area contributed by atoms with Gasteiger partial charge in [-0.3, -0.25) is 0 Å². The SMILES string of the molecule is CSc1ccc(CN(C)C(=O)OCCO)cc1. The number of thioether (sulfide) groups is 1. The summed E-state index contributed by atoms with van der Waals surface area (Å²) in [6, 6.07) is 8.02. The third-order valence-corrected chi connectivity index (χ3v) is 2.95. The van der Waals surface area contributed by atoms with Crippen LogP contribution in [-0.2, 0) is 11.3 Å². The lowest BCUT2D eigenvalue weighted by Crippen LogP contribution is -2.27. The van der Waals surface area contributed by atoms with Gasteiger partial charge in [-0.15, -0.1) is 11.8 Å². The minimum Gasteiger partial charge on any atom is -0.447 e. The number of carbonyl (C=O) groups is 1. The van der Waals surface area contributed by atoms with Crippen LogP contribution >= 0.6 is 11.8 Å². The highest BCUT2D eigenvalue weighted by atomic mass is 32.2.